The highest BCUT2D eigenvalue weighted by atomic mass is 16.6. The number of rotatable bonds is 13. The zero-order valence-corrected chi connectivity index (χ0v) is 11.3. The van der Waals surface area contributed by atoms with Crippen molar-refractivity contribution < 1.29 is 28.5 Å². The van der Waals surface area contributed by atoms with Gasteiger partial charge in [-0.05, 0) is 6.92 Å². The predicted molar refractivity (Wildman–Crippen MR) is 65.6 cm³/mol. The first kappa shape index (κ1) is 17.3. The third-order valence-corrected chi connectivity index (χ3v) is 2.00. The molecule has 0 aromatic heterocycles. The van der Waals surface area contributed by atoms with Gasteiger partial charge in [0.1, 0.15) is 0 Å². The van der Waals surface area contributed by atoms with Crippen LogP contribution in [0, 0.1) is 0 Å². The van der Waals surface area contributed by atoms with Crippen LogP contribution < -0.4 is 0 Å². The number of methoxy groups -OCH3 is 1. The lowest BCUT2D eigenvalue weighted by atomic mass is 10.5. The Hall–Kier alpha value is -0.690. The molecule has 0 N–H and O–H groups in total. The van der Waals surface area contributed by atoms with E-state index in [4.69, 9.17) is 18.9 Å². The standard InChI is InChI=1S/C12H24O6/c1-3-15-6-7-17-10-11-18-9-8-16-5-4-12(13)14-2/h3-11H2,1-2H3. The van der Waals surface area contributed by atoms with Crippen LogP contribution in [0.5, 0.6) is 0 Å². The molecule has 18 heavy (non-hydrogen) atoms. The van der Waals surface area contributed by atoms with Crippen LogP contribution in [-0.2, 0) is 28.5 Å². The Kier molecular flexibility index (Phi) is 13.8. The van der Waals surface area contributed by atoms with Crippen LogP contribution in [0.2, 0.25) is 0 Å². The monoisotopic (exact) mass is 264 g/mol. The summed E-state index contributed by atoms with van der Waals surface area (Å²) in [5.74, 6) is -0.265. The second kappa shape index (κ2) is 14.4. The Labute approximate surface area is 108 Å². The zero-order valence-electron chi connectivity index (χ0n) is 11.3. The molecule has 0 aliphatic carbocycles. The van der Waals surface area contributed by atoms with Crippen molar-refractivity contribution in [2.45, 2.75) is 13.3 Å². The molecule has 0 atom stereocenters. The molecular formula is C12H24O6. The fourth-order valence-electron chi connectivity index (χ4n) is 1.06. The molecule has 0 aliphatic rings. The molecule has 0 saturated carbocycles. The average Bonchev–Trinajstić information content (AvgIpc) is 2.39. The van der Waals surface area contributed by atoms with Gasteiger partial charge in [-0.25, -0.2) is 0 Å². The van der Waals surface area contributed by atoms with E-state index in [0.29, 0.717) is 52.9 Å². The minimum Gasteiger partial charge on any atom is -0.469 e. The molecule has 0 aromatic carbocycles. The van der Waals surface area contributed by atoms with Crippen LogP contribution in [0.25, 0.3) is 0 Å². The highest BCUT2D eigenvalue weighted by Gasteiger charge is 1.98. The Morgan fingerprint density at radius 2 is 1.22 bits per heavy atom. The third-order valence-electron chi connectivity index (χ3n) is 2.00. The molecule has 0 spiro atoms. The van der Waals surface area contributed by atoms with Crippen LogP contribution in [-0.4, -0.2) is 65.9 Å². The van der Waals surface area contributed by atoms with Gasteiger partial charge in [0.25, 0.3) is 0 Å². The lowest BCUT2D eigenvalue weighted by Gasteiger charge is -2.06. The molecule has 0 rings (SSSR count). The van der Waals surface area contributed by atoms with Gasteiger partial charge in [0.2, 0.25) is 0 Å². The molecule has 6 nitrogen and oxygen atoms in total. The smallest absolute Gasteiger partial charge is 0.307 e. The van der Waals surface area contributed by atoms with Gasteiger partial charge in [0, 0.05) is 6.61 Å². The maximum atomic E-state index is 10.7. The van der Waals surface area contributed by atoms with Gasteiger partial charge in [-0.15, -0.1) is 0 Å². The summed E-state index contributed by atoms with van der Waals surface area (Å²) >= 11 is 0. The second-order valence-corrected chi connectivity index (χ2v) is 3.36. The maximum Gasteiger partial charge on any atom is 0.307 e. The van der Waals surface area contributed by atoms with E-state index in [9.17, 15) is 4.79 Å². The summed E-state index contributed by atoms with van der Waals surface area (Å²) in [5, 5.41) is 0. The number of carbonyl (C=O) groups is 1. The molecule has 0 saturated heterocycles. The zero-order chi connectivity index (χ0) is 13.5. The highest BCUT2D eigenvalue weighted by Crippen LogP contribution is 1.87. The molecular weight excluding hydrogens is 240 g/mol. The molecule has 0 amide bonds. The van der Waals surface area contributed by atoms with Crippen LogP contribution in [0.1, 0.15) is 13.3 Å². The van der Waals surface area contributed by atoms with Gasteiger partial charge >= 0.3 is 5.97 Å². The fraction of sp³-hybridized carbons (Fsp3) is 0.917. The number of esters is 1. The van der Waals surface area contributed by atoms with E-state index in [1.165, 1.54) is 7.11 Å². The molecule has 0 bridgehead atoms. The van der Waals surface area contributed by atoms with E-state index >= 15 is 0 Å². The summed E-state index contributed by atoms with van der Waals surface area (Å²) < 4.78 is 25.3. The summed E-state index contributed by atoms with van der Waals surface area (Å²) in [4.78, 5) is 10.7. The lowest BCUT2D eigenvalue weighted by molar-refractivity contribution is -0.141. The van der Waals surface area contributed by atoms with Gasteiger partial charge in [0.15, 0.2) is 0 Å². The Morgan fingerprint density at radius 3 is 1.67 bits per heavy atom. The van der Waals surface area contributed by atoms with E-state index < -0.39 is 0 Å². The van der Waals surface area contributed by atoms with Gasteiger partial charge in [0.05, 0.1) is 59.8 Å². The van der Waals surface area contributed by atoms with Crippen LogP contribution in [0.15, 0.2) is 0 Å². The predicted octanol–water partition coefficient (Wildman–Crippen LogP) is 0.636. The number of ether oxygens (including phenoxy) is 5. The van der Waals surface area contributed by atoms with Gasteiger partial charge < -0.3 is 23.7 Å². The summed E-state index contributed by atoms with van der Waals surface area (Å²) in [7, 11) is 1.36. The Morgan fingerprint density at radius 1 is 0.778 bits per heavy atom. The lowest BCUT2D eigenvalue weighted by Crippen LogP contribution is -2.13. The SMILES string of the molecule is CCOCCOCCOCCOCCC(=O)OC. The Balaban J connectivity index is 2.97. The molecule has 0 aromatic rings. The first-order chi connectivity index (χ1) is 8.81. The molecule has 0 aliphatic heterocycles. The maximum absolute atomic E-state index is 10.7. The fourth-order valence-corrected chi connectivity index (χ4v) is 1.06. The Bertz CT molecular complexity index is 185. The topological polar surface area (TPSA) is 63.2 Å². The minimum atomic E-state index is -0.265. The van der Waals surface area contributed by atoms with E-state index in [0.717, 1.165) is 0 Å². The van der Waals surface area contributed by atoms with E-state index in [1.807, 2.05) is 6.92 Å². The molecule has 108 valence electrons. The van der Waals surface area contributed by atoms with Crippen molar-refractivity contribution in [2.24, 2.45) is 0 Å². The van der Waals surface area contributed by atoms with Crippen molar-refractivity contribution in [2.75, 3.05) is 60.0 Å². The van der Waals surface area contributed by atoms with Gasteiger partial charge in [-0.1, -0.05) is 0 Å². The van der Waals surface area contributed by atoms with Gasteiger partial charge in [-0.3, -0.25) is 4.79 Å². The average molecular weight is 264 g/mol. The minimum absolute atomic E-state index is 0.265. The van der Waals surface area contributed by atoms with Crippen molar-refractivity contribution in [3.8, 4) is 0 Å². The van der Waals surface area contributed by atoms with Crippen molar-refractivity contribution in [3.05, 3.63) is 0 Å². The molecule has 0 fully saturated rings. The molecule has 0 radical (unpaired) electrons. The summed E-state index contributed by atoms with van der Waals surface area (Å²) in [6.45, 7) is 6.28. The van der Waals surface area contributed by atoms with Crippen molar-refractivity contribution >= 4 is 5.97 Å². The van der Waals surface area contributed by atoms with Gasteiger partial charge in [-0.2, -0.15) is 0 Å². The summed E-state index contributed by atoms with van der Waals surface area (Å²) in [5.41, 5.74) is 0. The summed E-state index contributed by atoms with van der Waals surface area (Å²) in [6, 6.07) is 0. The number of hydrogen-bond donors (Lipinski definition) is 0. The van der Waals surface area contributed by atoms with Crippen molar-refractivity contribution in [3.63, 3.8) is 0 Å². The van der Waals surface area contributed by atoms with Crippen molar-refractivity contribution in [1.29, 1.82) is 0 Å². The molecule has 0 heterocycles. The number of carbonyl (C=O) groups excluding carboxylic acids is 1. The van der Waals surface area contributed by atoms with E-state index in [2.05, 4.69) is 4.74 Å². The van der Waals surface area contributed by atoms with E-state index in [-0.39, 0.29) is 12.4 Å². The van der Waals surface area contributed by atoms with Crippen molar-refractivity contribution in [1.82, 2.24) is 0 Å². The van der Waals surface area contributed by atoms with Crippen LogP contribution in [0.4, 0.5) is 0 Å². The first-order valence-electron chi connectivity index (χ1n) is 6.19. The first-order valence-corrected chi connectivity index (χ1v) is 6.19. The molecule has 6 heteroatoms. The second-order valence-electron chi connectivity index (χ2n) is 3.36. The number of hydrogen-bond acceptors (Lipinski definition) is 6. The quantitative estimate of drug-likeness (QED) is 0.359. The summed E-state index contributed by atoms with van der Waals surface area (Å²) in [6.07, 6.45) is 0.275. The van der Waals surface area contributed by atoms with E-state index in [1.54, 1.807) is 0 Å². The molecule has 0 unspecified atom stereocenters. The highest BCUT2D eigenvalue weighted by molar-refractivity contribution is 5.69. The van der Waals surface area contributed by atoms with Crippen LogP contribution in [0.3, 0.4) is 0 Å². The van der Waals surface area contributed by atoms with Crippen LogP contribution >= 0.6 is 0 Å². The largest absolute Gasteiger partial charge is 0.469 e. The third kappa shape index (κ3) is 13.4. The normalized spacial score (nSPS) is 10.6.